The summed E-state index contributed by atoms with van der Waals surface area (Å²) in [6.45, 7) is 1.07. The van der Waals surface area contributed by atoms with Crippen molar-refractivity contribution in [2.75, 3.05) is 20.3 Å². The highest BCUT2D eigenvalue weighted by Gasteiger charge is 2.50. The summed E-state index contributed by atoms with van der Waals surface area (Å²) in [4.78, 5) is 4.40. The predicted octanol–water partition coefficient (Wildman–Crippen LogP) is 2.66. The molecule has 6 nitrogen and oxygen atoms in total. The van der Waals surface area contributed by atoms with Crippen LogP contribution in [0.15, 0.2) is 30.6 Å². The largest absolute Gasteiger partial charge is 0.493 e. The summed E-state index contributed by atoms with van der Waals surface area (Å²) in [6, 6.07) is 5.98. The molecule has 1 spiro atoms. The fourth-order valence-corrected chi connectivity index (χ4v) is 3.68. The molecule has 1 saturated heterocycles. The van der Waals surface area contributed by atoms with E-state index in [-0.39, 0.29) is 11.5 Å². The van der Waals surface area contributed by atoms with Gasteiger partial charge in [-0.25, -0.2) is 0 Å². The number of benzene rings is 1. The highest BCUT2D eigenvalue weighted by atomic mass is 16.6. The molecule has 3 heterocycles. The second kappa shape index (κ2) is 5.89. The van der Waals surface area contributed by atoms with Gasteiger partial charge in [0, 0.05) is 36.0 Å². The molecule has 1 N–H and O–H groups in total. The van der Waals surface area contributed by atoms with Crippen molar-refractivity contribution in [3.8, 4) is 28.4 Å². The lowest BCUT2D eigenvalue weighted by atomic mass is 9.79. The van der Waals surface area contributed by atoms with Crippen LogP contribution < -0.4 is 14.2 Å². The maximum atomic E-state index is 9.62. The van der Waals surface area contributed by atoms with Gasteiger partial charge in [-0.15, -0.1) is 0 Å². The van der Waals surface area contributed by atoms with Crippen LogP contribution in [0, 0.1) is 0 Å². The highest BCUT2D eigenvalue weighted by Crippen LogP contribution is 2.53. The number of nitrogens with zero attached hydrogens (tertiary/aromatic N) is 1. The van der Waals surface area contributed by atoms with Gasteiger partial charge in [-0.1, -0.05) is 0 Å². The fourth-order valence-electron chi connectivity index (χ4n) is 3.68. The van der Waals surface area contributed by atoms with Crippen LogP contribution in [0.3, 0.4) is 0 Å². The summed E-state index contributed by atoms with van der Waals surface area (Å²) in [5.41, 5.74) is 2.78. The molecule has 7 heteroatoms. The van der Waals surface area contributed by atoms with Crippen molar-refractivity contribution in [2.45, 2.75) is 30.7 Å². The Hall–Kier alpha value is -2.25. The zero-order valence-corrected chi connectivity index (χ0v) is 14.6. The molecule has 5 rings (SSSR count). The van der Waals surface area contributed by atoms with E-state index in [9.17, 15) is 5.02 Å². The van der Waals surface area contributed by atoms with Crippen molar-refractivity contribution in [1.29, 1.82) is 0 Å². The van der Waals surface area contributed by atoms with Gasteiger partial charge in [0.2, 0.25) is 5.75 Å². The van der Waals surface area contributed by atoms with Crippen LogP contribution in [-0.2, 0) is 4.65 Å². The molecular formula is C19H20BNO5. The second-order valence-electron chi connectivity index (χ2n) is 7.27. The summed E-state index contributed by atoms with van der Waals surface area (Å²) in [6.07, 6.45) is 6.28. The van der Waals surface area contributed by atoms with Crippen molar-refractivity contribution in [3.63, 3.8) is 0 Å². The number of methoxy groups -OCH3 is 1. The molecule has 1 atom stereocenters. The summed E-state index contributed by atoms with van der Waals surface area (Å²) < 4.78 is 23.1. The first-order valence-corrected chi connectivity index (χ1v) is 8.95. The van der Waals surface area contributed by atoms with Crippen LogP contribution in [0.1, 0.15) is 24.3 Å². The normalized spacial score (nSPS) is 22.5. The summed E-state index contributed by atoms with van der Waals surface area (Å²) in [5.74, 6) is 2.23. The SMILES string of the molecule is COc1ccc(-c2cncc([C@@H]3COB(O)C3)c2)c2c1OC1(CC1)CO2. The highest BCUT2D eigenvalue weighted by molar-refractivity contribution is 6.43. The summed E-state index contributed by atoms with van der Waals surface area (Å²) in [7, 11) is 0.948. The molecular weight excluding hydrogens is 333 g/mol. The molecule has 134 valence electrons. The molecule has 3 aliphatic rings. The molecule has 2 fully saturated rings. The number of hydrogen-bond donors (Lipinski definition) is 1. The number of ether oxygens (including phenoxy) is 3. The minimum absolute atomic E-state index is 0.151. The zero-order chi connectivity index (χ0) is 17.7. The number of rotatable bonds is 3. The monoisotopic (exact) mass is 353 g/mol. The Kier molecular flexibility index (Phi) is 3.62. The van der Waals surface area contributed by atoms with Gasteiger partial charge in [0.1, 0.15) is 12.2 Å². The summed E-state index contributed by atoms with van der Waals surface area (Å²) in [5, 5.41) is 9.62. The minimum Gasteiger partial charge on any atom is -0.493 e. The van der Waals surface area contributed by atoms with Gasteiger partial charge in [-0.3, -0.25) is 4.98 Å². The van der Waals surface area contributed by atoms with Crippen LogP contribution in [0.5, 0.6) is 17.2 Å². The van der Waals surface area contributed by atoms with Gasteiger partial charge in [0.15, 0.2) is 11.5 Å². The first kappa shape index (κ1) is 16.0. The summed E-state index contributed by atoms with van der Waals surface area (Å²) >= 11 is 0. The maximum Gasteiger partial charge on any atom is 0.454 e. The van der Waals surface area contributed by atoms with Gasteiger partial charge in [0.25, 0.3) is 0 Å². The van der Waals surface area contributed by atoms with Crippen LogP contribution in [-0.4, -0.2) is 43.1 Å². The molecule has 0 radical (unpaired) electrons. The average Bonchev–Trinajstić information content (AvgIpc) is 3.27. The van der Waals surface area contributed by atoms with Crippen LogP contribution in [0.4, 0.5) is 0 Å². The van der Waals surface area contributed by atoms with Gasteiger partial charge in [-0.2, -0.15) is 0 Å². The molecule has 1 saturated carbocycles. The van der Waals surface area contributed by atoms with Crippen molar-refractivity contribution in [2.24, 2.45) is 0 Å². The van der Waals surface area contributed by atoms with Crippen LogP contribution in [0.2, 0.25) is 6.32 Å². The molecule has 0 unspecified atom stereocenters. The predicted molar refractivity (Wildman–Crippen MR) is 95.8 cm³/mol. The van der Waals surface area contributed by atoms with Crippen molar-refractivity contribution < 1.29 is 23.9 Å². The van der Waals surface area contributed by atoms with Crippen molar-refractivity contribution in [3.05, 3.63) is 36.2 Å². The van der Waals surface area contributed by atoms with Crippen molar-refractivity contribution in [1.82, 2.24) is 4.98 Å². The molecule has 1 aromatic carbocycles. The van der Waals surface area contributed by atoms with E-state index in [2.05, 4.69) is 11.1 Å². The first-order valence-electron chi connectivity index (χ1n) is 8.95. The Morgan fingerprint density at radius 2 is 2.15 bits per heavy atom. The zero-order valence-electron chi connectivity index (χ0n) is 14.6. The standard InChI is InChI=1S/C19H20BNO5/c1-23-16-3-2-15(17-18(16)26-19(4-5-19)11-24-17)13-6-12(8-21-9-13)14-7-20(22)25-10-14/h2-3,6,8-9,14,22H,4-5,7,10-11H2,1H3/t14-/m0/s1. The molecule has 0 bridgehead atoms. The van der Waals surface area contributed by atoms with Gasteiger partial charge < -0.3 is 23.9 Å². The Morgan fingerprint density at radius 1 is 1.27 bits per heavy atom. The number of pyridine rings is 1. The third-order valence-corrected chi connectivity index (χ3v) is 5.42. The van der Waals surface area contributed by atoms with E-state index in [1.165, 1.54) is 0 Å². The third kappa shape index (κ3) is 2.62. The third-order valence-electron chi connectivity index (χ3n) is 5.42. The number of fused-ring (bicyclic) bond motifs is 1. The Balaban J connectivity index is 1.54. The molecule has 26 heavy (non-hydrogen) atoms. The fraction of sp³-hybridized carbons (Fsp3) is 0.421. The van der Waals surface area contributed by atoms with E-state index in [1.54, 1.807) is 7.11 Å². The minimum atomic E-state index is -0.691. The van der Waals surface area contributed by atoms with E-state index < -0.39 is 7.12 Å². The first-order chi connectivity index (χ1) is 12.7. The molecule has 2 aromatic rings. The number of aromatic nitrogens is 1. The average molecular weight is 353 g/mol. The lowest BCUT2D eigenvalue weighted by Crippen LogP contribution is -2.31. The van der Waals surface area contributed by atoms with E-state index >= 15 is 0 Å². The van der Waals surface area contributed by atoms with Gasteiger partial charge in [0.05, 0.1) is 7.11 Å². The van der Waals surface area contributed by atoms with Crippen LogP contribution in [0.25, 0.3) is 11.1 Å². The van der Waals surface area contributed by atoms with E-state index in [1.807, 2.05) is 24.5 Å². The lowest BCUT2D eigenvalue weighted by Gasteiger charge is -2.29. The second-order valence-corrected chi connectivity index (χ2v) is 7.27. The van der Waals surface area contributed by atoms with E-state index in [4.69, 9.17) is 18.9 Å². The quantitative estimate of drug-likeness (QED) is 0.856. The smallest absolute Gasteiger partial charge is 0.454 e. The van der Waals surface area contributed by atoms with Gasteiger partial charge >= 0.3 is 7.12 Å². The topological polar surface area (TPSA) is 70.0 Å². The molecule has 2 aliphatic heterocycles. The molecule has 1 aliphatic carbocycles. The van der Waals surface area contributed by atoms with Crippen LogP contribution >= 0.6 is 0 Å². The number of hydrogen-bond acceptors (Lipinski definition) is 6. The van der Waals surface area contributed by atoms with E-state index in [0.29, 0.717) is 36.8 Å². The Labute approximate surface area is 152 Å². The molecule has 1 aromatic heterocycles. The molecule has 0 amide bonds. The Bertz CT molecular complexity index is 854. The lowest BCUT2D eigenvalue weighted by molar-refractivity contribution is 0.0686. The van der Waals surface area contributed by atoms with E-state index in [0.717, 1.165) is 29.5 Å². The Morgan fingerprint density at radius 3 is 2.88 bits per heavy atom. The maximum absolute atomic E-state index is 9.62. The van der Waals surface area contributed by atoms with Crippen molar-refractivity contribution >= 4 is 7.12 Å². The van der Waals surface area contributed by atoms with Gasteiger partial charge in [-0.05, 0) is 42.9 Å².